The molecule has 0 amide bonds. The Hall–Kier alpha value is -0.870. The molecule has 0 aliphatic heterocycles. The fraction of sp³-hybridized carbons (Fsp3) is 0.200. The second-order valence-electron chi connectivity index (χ2n) is 1.36. The quantitative estimate of drug-likeness (QED) is 0.564. The lowest BCUT2D eigenvalue weighted by Crippen LogP contribution is -1.68. The summed E-state index contributed by atoms with van der Waals surface area (Å²) in [5, 5.41) is 6.42. The van der Waals surface area contributed by atoms with Gasteiger partial charge in [0.25, 0.3) is 0 Å². The number of hydrogen-bond donors (Lipinski definition) is 2. The minimum absolute atomic E-state index is 0. The first-order chi connectivity index (χ1) is 3.43. The average Bonchev–Trinajstić information content (AvgIpc) is 2.14. The summed E-state index contributed by atoms with van der Waals surface area (Å²) in [6.07, 6.45) is 4.43. The fourth-order valence-corrected chi connectivity index (χ4v) is 0.414. The second-order valence-corrected chi connectivity index (χ2v) is 1.36. The van der Waals surface area contributed by atoms with Gasteiger partial charge in [0.15, 0.2) is 0 Å². The SMILES string of the molecule is N.O.[CH2]Cc1cn[nH]c1. The molecular weight excluding hydrogens is 118 g/mol. The zero-order valence-corrected chi connectivity index (χ0v) is 5.22. The van der Waals surface area contributed by atoms with Crippen molar-refractivity contribution in [2.75, 3.05) is 0 Å². The minimum Gasteiger partial charge on any atom is -0.412 e. The summed E-state index contributed by atoms with van der Waals surface area (Å²) in [5.74, 6) is 0. The van der Waals surface area contributed by atoms with Crippen LogP contribution in [-0.2, 0) is 6.42 Å². The van der Waals surface area contributed by atoms with Gasteiger partial charge in [-0.3, -0.25) is 5.10 Å². The first-order valence-corrected chi connectivity index (χ1v) is 2.20. The molecule has 53 valence electrons. The van der Waals surface area contributed by atoms with Gasteiger partial charge < -0.3 is 11.6 Å². The molecule has 1 heterocycles. The minimum atomic E-state index is 0. The van der Waals surface area contributed by atoms with Crippen LogP contribution in [0.4, 0.5) is 0 Å². The van der Waals surface area contributed by atoms with E-state index in [2.05, 4.69) is 17.1 Å². The molecule has 0 atom stereocenters. The third-order valence-electron chi connectivity index (χ3n) is 0.844. The molecule has 1 aromatic heterocycles. The summed E-state index contributed by atoms with van der Waals surface area (Å²) in [7, 11) is 0. The second kappa shape index (κ2) is 5.27. The maximum Gasteiger partial charge on any atom is 0.0519 e. The van der Waals surface area contributed by atoms with Gasteiger partial charge in [-0.15, -0.1) is 0 Å². The summed E-state index contributed by atoms with van der Waals surface area (Å²) >= 11 is 0. The molecule has 4 heteroatoms. The van der Waals surface area contributed by atoms with Crippen LogP contribution < -0.4 is 6.15 Å². The lowest BCUT2D eigenvalue weighted by Gasteiger charge is -1.76. The van der Waals surface area contributed by atoms with E-state index in [1.165, 1.54) is 0 Å². The molecule has 9 heavy (non-hydrogen) atoms. The number of nitrogens with one attached hydrogen (secondary N) is 1. The van der Waals surface area contributed by atoms with Gasteiger partial charge in [-0.2, -0.15) is 5.10 Å². The van der Waals surface area contributed by atoms with Crippen LogP contribution >= 0.6 is 0 Å². The number of rotatable bonds is 1. The molecule has 0 bridgehead atoms. The molecule has 0 fully saturated rings. The van der Waals surface area contributed by atoms with E-state index in [9.17, 15) is 0 Å². The molecule has 1 radical (unpaired) electrons. The van der Waals surface area contributed by atoms with Crippen molar-refractivity contribution in [3.63, 3.8) is 0 Å². The monoisotopic (exact) mass is 130 g/mol. The summed E-state index contributed by atoms with van der Waals surface area (Å²) in [5.41, 5.74) is 1.15. The summed E-state index contributed by atoms with van der Waals surface area (Å²) in [6.45, 7) is 3.67. The Morgan fingerprint density at radius 2 is 2.33 bits per heavy atom. The van der Waals surface area contributed by atoms with Gasteiger partial charge in [-0.05, 0) is 18.9 Å². The largest absolute Gasteiger partial charge is 0.412 e. The molecule has 4 nitrogen and oxygen atoms in total. The maximum absolute atomic E-state index is 3.73. The Morgan fingerprint density at radius 1 is 1.67 bits per heavy atom. The number of H-pyrrole nitrogens is 1. The standard InChI is InChI=1S/C5H7N2.H3N.H2O/c1-2-5-3-6-7-4-5;;/h3-4H,1-2H2,(H,6,7);1H3;1H2. The average molecular weight is 130 g/mol. The van der Waals surface area contributed by atoms with Crippen LogP contribution in [0.2, 0.25) is 0 Å². The zero-order chi connectivity index (χ0) is 5.11. The lowest BCUT2D eigenvalue weighted by molar-refractivity contribution is 0.824. The van der Waals surface area contributed by atoms with Gasteiger partial charge in [-0.25, -0.2) is 0 Å². The fourth-order valence-electron chi connectivity index (χ4n) is 0.414. The van der Waals surface area contributed by atoms with Crippen LogP contribution in [0.3, 0.4) is 0 Å². The van der Waals surface area contributed by atoms with Gasteiger partial charge in [0.05, 0.1) is 6.20 Å². The molecule has 1 aromatic rings. The van der Waals surface area contributed by atoms with Crippen molar-refractivity contribution in [2.45, 2.75) is 6.42 Å². The molecule has 0 aliphatic rings. The highest BCUT2D eigenvalue weighted by Gasteiger charge is 1.83. The maximum atomic E-state index is 3.73. The van der Waals surface area contributed by atoms with Crippen molar-refractivity contribution in [2.24, 2.45) is 0 Å². The molecule has 0 saturated carbocycles. The van der Waals surface area contributed by atoms with E-state index in [0.29, 0.717) is 0 Å². The highest BCUT2D eigenvalue weighted by molar-refractivity contribution is 5.02. The van der Waals surface area contributed by atoms with Crippen molar-refractivity contribution in [1.29, 1.82) is 0 Å². The van der Waals surface area contributed by atoms with Crippen molar-refractivity contribution in [3.05, 3.63) is 24.9 Å². The van der Waals surface area contributed by atoms with E-state index in [1.807, 2.05) is 6.20 Å². The smallest absolute Gasteiger partial charge is 0.0519 e. The van der Waals surface area contributed by atoms with Gasteiger partial charge >= 0.3 is 0 Å². The first-order valence-electron chi connectivity index (χ1n) is 2.20. The summed E-state index contributed by atoms with van der Waals surface area (Å²) in [4.78, 5) is 0. The molecule has 0 unspecified atom stereocenters. The lowest BCUT2D eigenvalue weighted by atomic mass is 10.3. The Morgan fingerprint density at radius 3 is 2.56 bits per heavy atom. The molecule has 1 rings (SSSR count). The van der Waals surface area contributed by atoms with Crippen LogP contribution in [0.1, 0.15) is 5.56 Å². The van der Waals surface area contributed by atoms with Crippen LogP contribution in [-0.4, -0.2) is 15.7 Å². The third kappa shape index (κ3) is 2.84. The van der Waals surface area contributed by atoms with Gasteiger partial charge in [0.1, 0.15) is 0 Å². The summed E-state index contributed by atoms with van der Waals surface area (Å²) < 4.78 is 0. The predicted molar refractivity (Wildman–Crippen MR) is 36.3 cm³/mol. The Bertz CT molecular complexity index is 127. The van der Waals surface area contributed by atoms with E-state index < -0.39 is 0 Å². The molecule has 0 aliphatic carbocycles. The molecular formula is C5H12N3O. The molecule has 6 N–H and O–H groups in total. The Kier molecular flexibility index (Phi) is 6.44. The predicted octanol–water partition coefficient (Wildman–Crippen LogP) is 0.124. The van der Waals surface area contributed by atoms with Gasteiger partial charge in [0, 0.05) is 6.20 Å². The highest BCUT2D eigenvalue weighted by atomic mass is 16.0. The van der Waals surface area contributed by atoms with E-state index in [0.717, 1.165) is 12.0 Å². The van der Waals surface area contributed by atoms with Crippen LogP contribution in [0.15, 0.2) is 12.4 Å². The molecule has 0 spiro atoms. The van der Waals surface area contributed by atoms with E-state index >= 15 is 0 Å². The van der Waals surface area contributed by atoms with E-state index in [4.69, 9.17) is 0 Å². The van der Waals surface area contributed by atoms with E-state index in [-0.39, 0.29) is 11.6 Å². The number of hydrogen-bond acceptors (Lipinski definition) is 2. The topological polar surface area (TPSA) is 95.2 Å². The summed E-state index contributed by atoms with van der Waals surface area (Å²) in [6, 6.07) is 0. The molecule has 0 saturated heterocycles. The van der Waals surface area contributed by atoms with Crippen LogP contribution in [0.25, 0.3) is 0 Å². The van der Waals surface area contributed by atoms with Gasteiger partial charge in [0.2, 0.25) is 0 Å². The van der Waals surface area contributed by atoms with Crippen molar-refractivity contribution >= 4 is 0 Å². The zero-order valence-electron chi connectivity index (χ0n) is 5.22. The highest BCUT2D eigenvalue weighted by Crippen LogP contribution is 1.90. The number of nitrogens with zero attached hydrogens (tertiary/aromatic N) is 1. The van der Waals surface area contributed by atoms with Gasteiger partial charge in [-0.1, -0.05) is 0 Å². The number of aromatic nitrogens is 2. The van der Waals surface area contributed by atoms with Crippen molar-refractivity contribution in [1.82, 2.24) is 16.3 Å². The Balaban J connectivity index is 0. The van der Waals surface area contributed by atoms with Crippen molar-refractivity contribution < 1.29 is 5.48 Å². The van der Waals surface area contributed by atoms with Crippen LogP contribution in [0, 0.1) is 6.92 Å². The number of aromatic amines is 1. The Labute approximate surface area is 54.2 Å². The third-order valence-corrected chi connectivity index (χ3v) is 0.844. The normalized spacial score (nSPS) is 7.22. The first kappa shape index (κ1) is 11.0. The van der Waals surface area contributed by atoms with Crippen LogP contribution in [0.5, 0.6) is 0 Å². The van der Waals surface area contributed by atoms with Crippen molar-refractivity contribution in [3.8, 4) is 0 Å². The van der Waals surface area contributed by atoms with E-state index in [1.54, 1.807) is 6.20 Å². The molecule has 0 aromatic carbocycles.